The van der Waals surface area contributed by atoms with Crippen LogP contribution < -0.4 is 10.2 Å². The van der Waals surface area contributed by atoms with Crippen LogP contribution in [-0.2, 0) is 6.18 Å². The average molecular weight is 479 g/mol. The van der Waals surface area contributed by atoms with Crippen LogP contribution in [0.15, 0.2) is 30.3 Å². The zero-order chi connectivity index (χ0) is 24.3. The van der Waals surface area contributed by atoms with Crippen molar-refractivity contribution in [1.29, 1.82) is 0 Å². The molecule has 0 bridgehead atoms. The van der Waals surface area contributed by atoms with Crippen LogP contribution in [0.25, 0.3) is 0 Å². The van der Waals surface area contributed by atoms with Crippen molar-refractivity contribution in [3.8, 4) is 0 Å². The summed E-state index contributed by atoms with van der Waals surface area (Å²) in [4.78, 5) is 28.0. The molecule has 0 unspecified atom stereocenters. The molecule has 1 N–H and O–H groups in total. The highest BCUT2D eigenvalue weighted by Crippen LogP contribution is 2.33. The maximum Gasteiger partial charge on any atom is 0.417 e. The molecule has 2 amide bonds. The van der Waals surface area contributed by atoms with Gasteiger partial charge in [0, 0.05) is 32.7 Å². The van der Waals surface area contributed by atoms with Gasteiger partial charge in [-0.2, -0.15) is 13.2 Å². The van der Waals surface area contributed by atoms with Crippen LogP contribution in [-0.4, -0.2) is 59.6 Å². The summed E-state index contributed by atoms with van der Waals surface area (Å²) in [5.74, 6) is -0.867. The van der Waals surface area contributed by atoms with Gasteiger partial charge in [0.2, 0.25) is 0 Å². The molecule has 4 rings (SSSR count). The van der Waals surface area contributed by atoms with Gasteiger partial charge < -0.3 is 15.1 Å². The molecule has 182 valence electrons. The zero-order valence-corrected chi connectivity index (χ0v) is 18.4. The number of amides is 2. The summed E-state index contributed by atoms with van der Waals surface area (Å²) in [5.41, 5.74) is -1.65. The van der Waals surface area contributed by atoms with E-state index in [9.17, 15) is 27.2 Å². The number of carbonyl (C=O) groups is 2. The number of alkyl halides is 3. The van der Waals surface area contributed by atoms with Gasteiger partial charge in [-0.3, -0.25) is 9.59 Å². The van der Waals surface area contributed by atoms with E-state index < -0.39 is 29.0 Å². The van der Waals surface area contributed by atoms with E-state index in [0.717, 1.165) is 6.42 Å². The molecule has 0 spiro atoms. The minimum atomic E-state index is -4.76. The molecule has 2 fully saturated rings. The van der Waals surface area contributed by atoms with Crippen molar-refractivity contribution in [2.75, 3.05) is 37.6 Å². The SMILES string of the molecule is O=C(NCCC1CCC1)c1ccc(N2CCN(C(=O)c3cc(F)ccc3C(F)(F)F)CC2)nn1. The Kier molecular flexibility index (Phi) is 6.99. The van der Waals surface area contributed by atoms with Crippen molar-refractivity contribution in [3.05, 3.63) is 53.0 Å². The van der Waals surface area contributed by atoms with E-state index in [1.54, 1.807) is 12.1 Å². The first-order chi connectivity index (χ1) is 16.2. The Balaban J connectivity index is 1.33. The minimum Gasteiger partial charge on any atom is -0.352 e. The molecule has 1 aromatic carbocycles. The lowest BCUT2D eigenvalue weighted by Crippen LogP contribution is -2.49. The lowest BCUT2D eigenvalue weighted by Gasteiger charge is -2.35. The fourth-order valence-electron chi connectivity index (χ4n) is 4.13. The molecule has 7 nitrogen and oxygen atoms in total. The van der Waals surface area contributed by atoms with Crippen molar-refractivity contribution < 1.29 is 27.2 Å². The first-order valence-corrected chi connectivity index (χ1v) is 11.3. The Morgan fingerprint density at radius 3 is 2.35 bits per heavy atom. The van der Waals surface area contributed by atoms with Gasteiger partial charge in [-0.05, 0) is 42.7 Å². The number of nitrogens with zero attached hydrogens (tertiary/aromatic N) is 4. The number of hydrogen-bond donors (Lipinski definition) is 1. The number of aromatic nitrogens is 2. The second kappa shape index (κ2) is 9.94. The monoisotopic (exact) mass is 479 g/mol. The summed E-state index contributed by atoms with van der Waals surface area (Å²) < 4.78 is 53.3. The third-order valence-corrected chi connectivity index (χ3v) is 6.35. The van der Waals surface area contributed by atoms with Crippen molar-refractivity contribution in [1.82, 2.24) is 20.4 Å². The van der Waals surface area contributed by atoms with Crippen LogP contribution in [0.1, 0.15) is 52.1 Å². The smallest absolute Gasteiger partial charge is 0.352 e. The second-order valence-electron chi connectivity index (χ2n) is 8.59. The topological polar surface area (TPSA) is 78.4 Å². The molecule has 0 atom stereocenters. The van der Waals surface area contributed by atoms with Gasteiger partial charge >= 0.3 is 6.18 Å². The van der Waals surface area contributed by atoms with E-state index in [2.05, 4.69) is 15.5 Å². The number of anilines is 1. The van der Waals surface area contributed by atoms with Crippen LogP contribution in [0.3, 0.4) is 0 Å². The van der Waals surface area contributed by atoms with Gasteiger partial charge in [-0.1, -0.05) is 19.3 Å². The van der Waals surface area contributed by atoms with Crippen LogP contribution >= 0.6 is 0 Å². The van der Waals surface area contributed by atoms with E-state index in [4.69, 9.17) is 0 Å². The molecular weight excluding hydrogens is 454 g/mol. The van der Waals surface area contributed by atoms with Gasteiger partial charge in [0.05, 0.1) is 11.1 Å². The lowest BCUT2D eigenvalue weighted by molar-refractivity contribution is -0.138. The van der Waals surface area contributed by atoms with E-state index >= 15 is 0 Å². The fourth-order valence-corrected chi connectivity index (χ4v) is 4.13. The number of nitrogens with one attached hydrogen (secondary N) is 1. The molecule has 1 saturated heterocycles. The quantitative estimate of drug-likeness (QED) is 0.642. The van der Waals surface area contributed by atoms with Crippen LogP contribution in [0, 0.1) is 11.7 Å². The molecule has 2 aromatic rings. The van der Waals surface area contributed by atoms with Gasteiger partial charge in [-0.15, -0.1) is 10.2 Å². The number of halogens is 4. The summed E-state index contributed by atoms with van der Waals surface area (Å²) in [6.07, 6.45) is -0.112. The van der Waals surface area contributed by atoms with Crippen molar-refractivity contribution in [2.45, 2.75) is 31.9 Å². The second-order valence-corrected chi connectivity index (χ2v) is 8.59. The maximum atomic E-state index is 13.6. The number of rotatable bonds is 6. The molecular formula is C23H25F4N5O2. The molecule has 2 aliphatic rings. The Morgan fingerprint density at radius 2 is 1.76 bits per heavy atom. The Morgan fingerprint density at radius 1 is 1.03 bits per heavy atom. The lowest BCUT2D eigenvalue weighted by atomic mass is 9.83. The normalized spacial score (nSPS) is 16.8. The van der Waals surface area contributed by atoms with E-state index in [0.29, 0.717) is 49.6 Å². The first-order valence-electron chi connectivity index (χ1n) is 11.3. The molecule has 2 heterocycles. The molecule has 1 aliphatic heterocycles. The summed E-state index contributed by atoms with van der Waals surface area (Å²) in [6.45, 7) is 1.49. The highest BCUT2D eigenvalue weighted by atomic mass is 19.4. The van der Waals surface area contributed by atoms with Gasteiger partial charge in [0.1, 0.15) is 5.82 Å². The van der Waals surface area contributed by atoms with Crippen molar-refractivity contribution in [2.24, 2.45) is 5.92 Å². The molecule has 1 aliphatic carbocycles. The molecule has 34 heavy (non-hydrogen) atoms. The first kappa shape index (κ1) is 23.9. The minimum absolute atomic E-state index is 0.137. The van der Waals surface area contributed by atoms with E-state index in [1.807, 2.05) is 4.90 Å². The predicted molar refractivity (Wildman–Crippen MR) is 116 cm³/mol. The Bertz CT molecular complexity index is 1030. The number of piperazine rings is 1. The number of benzene rings is 1. The standard InChI is InChI=1S/C23H25F4N5O2/c24-16-4-5-18(23(25,26)27)17(14-16)22(34)32-12-10-31(11-13-32)20-7-6-19(29-30-20)21(33)28-9-8-15-2-1-3-15/h4-7,14-15H,1-3,8-13H2,(H,28,33). The fraction of sp³-hybridized carbons (Fsp3) is 0.478. The van der Waals surface area contributed by atoms with E-state index in [-0.39, 0.29) is 24.7 Å². The third kappa shape index (κ3) is 5.45. The Hall–Kier alpha value is -3.24. The Labute approximate surface area is 194 Å². The summed E-state index contributed by atoms with van der Waals surface area (Å²) in [6, 6.07) is 5.12. The van der Waals surface area contributed by atoms with Gasteiger partial charge in [0.15, 0.2) is 11.5 Å². The summed E-state index contributed by atoms with van der Waals surface area (Å²) in [5, 5.41) is 10.9. The summed E-state index contributed by atoms with van der Waals surface area (Å²) in [7, 11) is 0. The largest absolute Gasteiger partial charge is 0.417 e. The number of carbonyl (C=O) groups excluding carboxylic acids is 2. The van der Waals surface area contributed by atoms with E-state index in [1.165, 1.54) is 24.2 Å². The van der Waals surface area contributed by atoms with Crippen LogP contribution in [0.2, 0.25) is 0 Å². The van der Waals surface area contributed by atoms with Gasteiger partial charge in [-0.25, -0.2) is 4.39 Å². The molecule has 11 heteroatoms. The average Bonchev–Trinajstić information content (AvgIpc) is 2.79. The van der Waals surface area contributed by atoms with Gasteiger partial charge in [0.25, 0.3) is 11.8 Å². The van der Waals surface area contributed by atoms with Crippen LogP contribution in [0.5, 0.6) is 0 Å². The zero-order valence-electron chi connectivity index (χ0n) is 18.4. The van der Waals surface area contributed by atoms with Crippen molar-refractivity contribution >= 4 is 17.6 Å². The maximum absolute atomic E-state index is 13.6. The van der Waals surface area contributed by atoms with Crippen molar-refractivity contribution in [3.63, 3.8) is 0 Å². The molecule has 1 saturated carbocycles. The summed E-state index contributed by atoms with van der Waals surface area (Å²) >= 11 is 0. The highest BCUT2D eigenvalue weighted by molar-refractivity contribution is 5.96. The molecule has 1 aromatic heterocycles. The predicted octanol–water partition coefficient (Wildman–Crippen LogP) is 3.52. The van der Waals surface area contributed by atoms with Crippen LogP contribution in [0.4, 0.5) is 23.4 Å². The number of hydrogen-bond acceptors (Lipinski definition) is 5. The highest BCUT2D eigenvalue weighted by Gasteiger charge is 2.37. The third-order valence-electron chi connectivity index (χ3n) is 6.35. The molecule has 0 radical (unpaired) electrons.